The van der Waals surface area contributed by atoms with Gasteiger partial charge in [0.15, 0.2) is 0 Å². The molecule has 0 fully saturated rings. The van der Waals surface area contributed by atoms with Crippen LogP contribution < -0.4 is 5.32 Å². The average molecular weight is 235 g/mol. The highest BCUT2D eigenvalue weighted by Gasteiger charge is 2.02. The van der Waals surface area contributed by atoms with E-state index in [9.17, 15) is 4.79 Å². The maximum Gasteiger partial charge on any atom is 0.407 e. The topological polar surface area (TPSA) is 58.6 Å². The van der Waals surface area contributed by atoms with Crippen LogP contribution in [0, 0.1) is 5.92 Å². The van der Waals surface area contributed by atoms with Crippen LogP contribution in [0.15, 0.2) is 0 Å². The summed E-state index contributed by atoms with van der Waals surface area (Å²) in [5, 5.41) is 11.2. The number of aliphatic hydroxyl groups excluding tert-OH is 1. The Balaban J connectivity index is 3.17. The number of hydrogen-bond acceptors (Lipinski definition) is 4. The van der Waals surface area contributed by atoms with Gasteiger partial charge in [-0.25, -0.2) is 4.79 Å². The lowest BCUT2D eigenvalue weighted by Crippen LogP contribution is -2.27. The van der Waals surface area contributed by atoms with Crippen molar-refractivity contribution >= 4 is 17.9 Å². The first kappa shape index (κ1) is 14.6. The van der Waals surface area contributed by atoms with Crippen LogP contribution in [0.3, 0.4) is 0 Å². The molecule has 0 aromatic heterocycles. The molecule has 90 valence electrons. The molecular weight excluding hydrogens is 214 g/mol. The second-order valence-electron chi connectivity index (χ2n) is 3.61. The Morgan fingerprint density at radius 3 is 2.80 bits per heavy atom. The number of carbonyl (C=O) groups is 1. The highest BCUT2D eigenvalue weighted by atomic mass is 32.2. The molecule has 1 amide bonds. The normalized spacial score (nSPS) is 10.4. The number of ether oxygens (including phenoxy) is 1. The SMILES string of the molecule is CC(C)COC(=O)NCCSCCCO. The molecule has 0 saturated heterocycles. The fourth-order valence-corrected chi connectivity index (χ4v) is 1.57. The summed E-state index contributed by atoms with van der Waals surface area (Å²) in [5.41, 5.74) is 0. The fourth-order valence-electron chi connectivity index (χ4n) is 0.787. The van der Waals surface area contributed by atoms with Gasteiger partial charge in [-0.15, -0.1) is 0 Å². The van der Waals surface area contributed by atoms with Gasteiger partial charge >= 0.3 is 6.09 Å². The van der Waals surface area contributed by atoms with Crippen molar-refractivity contribution in [2.75, 3.05) is 31.3 Å². The van der Waals surface area contributed by atoms with Crippen LogP contribution in [0.25, 0.3) is 0 Å². The van der Waals surface area contributed by atoms with E-state index in [-0.39, 0.29) is 12.7 Å². The highest BCUT2D eigenvalue weighted by Crippen LogP contribution is 2.00. The van der Waals surface area contributed by atoms with E-state index in [0.29, 0.717) is 19.1 Å². The first-order chi connectivity index (χ1) is 7.16. The standard InChI is InChI=1S/C10H21NO3S/c1-9(2)8-14-10(13)11-4-7-15-6-3-5-12/h9,12H,3-8H2,1-2H3,(H,11,13). The van der Waals surface area contributed by atoms with Gasteiger partial charge in [0, 0.05) is 18.9 Å². The van der Waals surface area contributed by atoms with Crippen LogP contribution in [0.5, 0.6) is 0 Å². The molecule has 0 bridgehead atoms. The van der Waals surface area contributed by atoms with Crippen molar-refractivity contribution in [3.05, 3.63) is 0 Å². The minimum Gasteiger partial charge on any atom is -0.449 e. The van der Waals surface area contributed by atoms with Gasteiger partial charge in [0.25, 0.3) is 0 Å². The van der Waals surface area contributed by atoms with Crippen molar-refractivity contribution in [3.8, 4) is 0 Å². The van der Waals surface area contributed by atoms with Gasteiger partial charge in [-0.2, -0.15) is 11.8 Å². The van der Waals surface area contributed by atoms with Crippen LogP contribution in [0.1, 0.15) is 20.3 Å². The third kappa shape index (κ3) is 11.5. The van der Waals surface area contributed by atoms with Gasteiger partial charge in [0.2, 0.25) is 0 Å². The van der Waals surface area contributed by atoms with Gasteiger partial charge in [-0.05, 0) is 18.1 Å². The molecule has 15 heavy (non-hydrogen) atoms. The predicted octanol–water partition coefficient (Wildman–Crippen LogP) is 1.48. The molecule has 0 aromatic rings. The van der Waals surface area contributed by atoms with Crippen molar-refractivity contribution in [1.29, 1.82) is 0 Å². The van der Waals surface area contributed by atoms with Crippen molar-refractivity contribution in [2.24, 2.45) is 5.92 Å². The molecule has 0 aliphatic rings. The molecule has 0 rings (SSSR count). The number of carbonyl (C=O) groups excluding carboxylic acids is 1. The van der Waals surface area contributed by atoms with E-state index >= 15 is 0 Å². The van der Waals surface area contributed by atoms with E-state index in [4.69, 9.17) is 9.84 Å². The van der Waals surface area contributed by atoms with E-state index in [0.717, 1.165) is 17.9 Å². The van der Waals surface area contributed by atoms with E-state index < -0.39 is 0 Å². The summed E-state index contributed by atoms with van der Waals surface area (Å²) in [6, 6.07) is 0. The predicted molar refractivity (Wildman–Crippen MR) is 63.2 cm³/mol. The summed E-state index contributed by atoms with van der Waals surface area (Å²) in [7, 11) is 0. The number of amides is 1. The zero-order valence-corrected chi connectivity index (χ0v) is 10.3. The lowest BCUT2D eigenvalue weighted by atomic mass is 10.2. The first-order valence-corrected chi connectivity index (χ1v) is 6.41. The monoisotopic (exact) mass is 235 g/mol. The Labute approximate surface area is 95.8 Å². The summed E-state index contributed by atoms with van der Waals surface area (Å²) < 4.78 is 4.93. The lowest BCUT2D eigenvalue weighted by molar-refractivity contribution is 0.133. The zero-order valence-electron chi connectivity index (χ0n) is 9.49. The van der Waals surface area contributed by atoms with Gasteiger partial charge in [-0.3, -0.25) is 0 Å². The molecule has 0 radical (unpaired) electrons. The van der Waals surface area contributed by atoms with E-state index in [1.165, 1.54) is 0 Å². The number of nitrogens with one attached hydrogen (secondary N) is 1. The summed E-state index contributed by atoms with van der Waals surface area (Å²) in [5.74, 6) is 2.16. The van der Waals surface area contributed by atoms with E-state index in [1.54, 1.807) is 11.8 Å². The summed E-state index contributed by atoms with van der Waals surface area (Å²) in [6.45, 7) is 5.31. The number of aliphatic hydroxyl groups is 1. The molecule has 0 aliphatic heterocycles. The van der Waals surface area contributed by atoms with Gasteiger partial charge < -0.3 is 15.2 Å². The number of rotatable bonds is 8. The maximum atomic E-state index is 11.1. The quantitative estimate of drug-likeness (QED) is 0.626. The van der Waals surface area contributed by atoms with Crippen LogP contribution in [-0.4, -0.2) is 42.5 Å². The largest absolute Gasteiger partial charge is 0.449 e. The maximum absolute atomic E-state index is 11.1. The summed E-state index contributed by atoms with van der Waals surface area (Å²) in [6.07, 6.45) is 0.467. The van der Waals surface area contributed by atoms with Crippen LogP contribution >= 0.6 is 11.8 Å². The Morgan fingerprint density at radius 2 is 2.20 bits per heavy atom. The third-order valence-electron chi connectivity index (χ3n) is 1.51. The summed E-state index contributed by atoms with van der Waals surface area (Å²) in [4.78, 5) is 11.1. The van der Waals surface area contributed by atoms with Crippen LogP contribution in [-0.2, 0) is 4.74 Å². The smallest absolute Gasteiger partial charge is 0.407 e. The van der Waals surface area contributed by atoms with Gasteiger partial charge in [0.1, 0.15) is 0 Å². The van der Waals surface area contributed by atoms with E-state index in [2.05, 4.69) is 5.32 Å². The molecule has 0 aliphatic carbocycles. The van der Waals surface area contributed by atoms with Crippen molar-refractivity contribution in [1.82, 2.24) is 5.32 Å². The molecule has 0 aromatic carbocycles. The number of alkyl carbamates (subject to hydrolysis) is 1. The zero-order chi connectivity index (χ0) is 11.5. The third-order valence-corrected chi connectivity index (χ3v) is 2.58. The fraction of sp³-hybridized carbons (Fsp3) is 0.900. The molecule has 0 unspecified atom stereocenters. The molecule has 0 atom stereocenters. The molecule has 5 heteroatoms. The number of hydrogen-bond donors (Lipinski definition) is 2. The molecule has 0 spiro atoms. The Kier molecular flexibility index (Phi) is 9.83. The Hall–Kier alpha value is -0.420. The second-order valence-corrected chi connectivity index (χ2v) is 4.83. The minimum atomic E-state index is -0.341. The molecule has 4 nitrogen and oxygen atoms in total. The van der Waals surface area contributed by atoms with Crippen LogP contribution in [0.4, 0.5) is 4.79 Å². The first-order valence-electron chi connectivity index (χ1n) is 5.26. The number of thioether (sulfide) groups is 1. The lowest BCUT2D eigenvalue weighted by Gasteiger charge is -2.08. The summed E-state index contributed by atoms with van der Waals surface area (Å²) >= 11 is 1.71. The van der Waals surface area contributed by atoms with Crippen LogP contribution in [0.2, 0.25) is 0 Å². The van der Waals surface area contributed by atoms with Gasteiger partial charge in [0.05, 0.1) is 6.61 Å². The molecular formula is C10H21NO3S. The Bertz CT molecular complexity index is 165. The van der Waals surface area contributed by atoms with Gasteiger partial charge in [-0.1, -0.05) is 13.8 Å². The Morgan fingerprint density at radius 1 is 1.47 bits per heavy atom. The van der Waals surface area contributed by atoms with Crippen molar-refractivity contribution in [2.45, 2.75) is 20.3 Å². The van der Waals surface area contributed by atoms with E-state index in [1.807, 2.05) is 13.8 Å². The second kappa shape index (κ2) is 10.1. The highest BCUT2D eigenvalue weighted by molar-refractivity contribution is 7.99. The average Bonchev–Trinajstić information content (AvgIpc) is 2.20. The molecule has 0 heterocycles. The minimum absolute atomic E-state index is 0.233. The molecule has 0 saturated carbocycles. The molecule has 2 N–H and O–H groups in total. The van der Waals surface area contributed by atoms with Crippen molar-refractivity contribution < 1.29 is 14.6 Å². The van der Waals surface area contributed by atoms with Crippen molar-refractivity contribution in [3.63, 3.8) is 0 Å².